The molecule has 2 atom stereocenters. The first-order chi connectivity index (χ1) is 12.7. The fourth-order valence-corrected chi connectivity index (χ4v) is 4.20. The lowest BCUT2D eigenvalue weighted by Crippen LogP contribution is -2.50. The highest BCUT2D eigenvalue weighted by atomic mass is 127. The minimum absolute atomic E-state index is 0. The van der Waals surface area contributed by atoms with Gasteiger partial charge in [-0.25, -0.2) is 0 Å². The van der Waals surface area contributed by atoms with E-state index >= 15 is 0 Å². The van der Waals surface area contributed by atoms with Crippen LogP contribution in [0.15, 0.2) is 35.3 Å². The van der Waals surface area contributed by atoms with Crippen molar-refractivity contribution >= 4 is 35.6 Å². The van der Waals surface area contributed by atoms with Crippen molar-refractivity contribution in [3.8, 4) is 0 Å². The van der Waals surface area contributed by atoms with Gasteiger partial charge in [0.05, 0.1) is 0 Å². The van der Waals surface area contributed by atoms with Gasteiger partial charge < -0.3 is 15.5 Å². The van der Waals surface area contributed by atoms with Crippen LogP contribution < -0.4 is 15.5 Å². The topological polar surface area (TPSA) is 42.9 Å². The third-order valence-electron chi connectivity index (χ3n) is 5.73. The predicted octanol–water partition coefficient (Wildman–Crippen LogP) is 3.17. The number of aliphatic imine (C=N–C) groups is 1. The molecule has 6 heteroatoms. The van der Waals surface area contributed by atoms with Crippen molar-refractivity contribution in [2.45, 2.75) is 45.2 Å². The normalized spacial score (nSPS) is 22.0. The molecule has 0 aromatic heterocycles. The fraction of sp³-hybridized carbons (Fsp3) is 0.667. The van der Waals surface area contributed by atoms with Gasteiger partial charge in [0.1, 0.15) is 0 Å². The zero-order chi connectivity index (χ0) is 18.4. The molecule has 0 radical (unpaired) electrons. The highest BCUT2D eigenvalue weighted by Crippen LogP contribution is 2.20. The molecule has 0 spiro atoms. The summed E-state index contributed by atoms with van der Waals surface area (Å²) < 4.78 is 0. The summed E-state index contributed by atoms with van der Waals surface area (Å²) in [6.07, 6.45) is 3.83. The van der Waals surface area contributed by atoms with Crippen LogP contribution >= 0.6 is 24.0 Å². The zero-order valence-corrected chi connectivity index (χ0v) is 19.4. The van der Waals surface area contributed by atoms with Gasteiger partial charge in [0.25, 0.3) is 0 Å². The monoisotopic (exact) mass is 485 g/mol. The van der Waals surface area contributed by atoms with E-state index in [9.17, 15) is 0 Å². The first-order valence-corrected chi connectivity index (χ1v) is 10.2. The first-order valence-electron chi connectivity index (χ1n) is 10.2. The minimum atomic E-state index is 0. The van der Waals surface area contributed by atoms with E-state index in [0.29, 0.717) is 18.0 Å². The quantitative estimate of drug-likeness (QED) is 0.369. The summed E-state index contributed by atoms with van der Waals surface area (Å²) in [7, 11) is 1.87. The van der Waals surface area contributed by atoms with E-state index in [-0.39, 0.29) is 24.0 Å². The van der Waals surface area contributed by atoms with E-state index in [1.165, 1.54) is 31.6 Å². The molecule has 2 aliphatic rings. The molecule has 2 N–H and O–H groups in total. The Hall–Kier alpha value is -1.02. The van der Waals surface area contributed by atoms with Crippen LogP contribution in [-0.2, 0) is 0 Å². The Morgan fingerprint density at radius 1 is 1.15 bits per heavy atom. The van der Waals surface area contributed by atoms with E-state index in [1.807, 2.05) is 7.05 Å². The molecule has 2 heterocycles. The second-order valence-corrected chi connectivity index (χ2v) is 7.92. The smallest absolute Gasteiger partial charge is 0.191 e. The molecule has 27 heavy (non-hydrogen) atoms. The lowest BCUT2D eigenvalue weighted by molar-refractivity contribution is 0.192. The molecule has 152 valence electrons. The van der Waals surface area contributed by atoms with Gasteiger partial charge in [-0.05, 0) is 50.4 Å². The molecule has 2 fully saturated rings. The number of benzene rings is 1. The average Bonchev–Trinajstić information content (AvgIpc) is 3.33. The van der Waals surface area contributed by atoms with Crippen LogP contribution in [0, 0.1) is 5.92 Å². The van der Waals surface area contributed by atoms with E-state index in [2.05, 4.69) is 69.6 Å². The van der Waals surface area contributed by atoms with Gasteiger partial charge in [-0.3, -0.25) is 9.89 Å². The Morgan fingerprint density at radius 2 is 1.85 bits per heavy atom. The number of nitrogens with one attached hydrogen (secondary N) is 2. The molecule has 0 saturated carbocycles. The number of likely N-dealkylation sites (tertiary alicyclic amines) is 1. The Morgan fingerprint density at radius 3 is 2.48 bits per heavy atom. The van der Waals surface area contributed by atoms with Crippen molar-refractivity contribution in [3.05, 3.63) is 30.3 Å². The molecule has 2 aliphatic heterocycles. The number of rotatable bonds is 6. The van der Waals surface area contributed by atoms with Crippen molar-refractivity contribution in [1.82, 2.24) is 15.5 Å². The van der Waals surface area contributed by atoms with Crippen LogP contribution in [0.25, 0.3) is 0 Å². The number of hydrogen-bond acceptors (Lipinski definition) is 3. The standard InChI is InChI=1S/C21H35N5.HI/c1-17(2)20(25-12-7-8-13-25)15-23-21(22-3)24-18-11-14-26(16-18)19-9-5-4-6-10-19;/h4-6,9-10,17-18,20H,7-8,11-16H2,1-3H3,(H2,22,23,24);1H. The van der Waals surface area contributed by atoms with Gasteiger partial charge in [-0.2, -0.15) is 0 Å². The third kappa shape index (κ3) is 6.24. The van der Waals surface area contributed by atoms with Crippen molar-refractivity contribution in [2.75, 3.05) is 44.7 Å². The Balaban J connectivity index is 0.00000261. The Kier molecular flexibility index (Phi) is 9.15. The van der Waals surface area contributed by atoms with Gasteiger partial charge in [-0.15, -0.1) is 24.0 Å². The number of guanidine groups is 1. The number of anilines is 1. The van der Waals surface area contributed by atoms with Crippen LogP contribution in [0.2, 0.25) is 0 Å². The van der Waals surface area contributed by atoms with Gasteiger partial charge in [0.2, 0.25) is 0 Å². The number of nitrogens with zero attached hydrogens (tertiary/aromatic N) is 3. The molecular weight excluding hydrogens is 449 g/mol. The van der Waals surface area contributed by atoms with Gasteiger partial charge in [-0.1, -0.05) is 32.0 Å². The summed E-state index contributed by atoms with van der Waals surface area (Å²) in [5.74, 6) is 1.59. The van der Waals surface area contributed by atoms with Gasteiger partial charge in [0.15, 0.2) is 5.96 Å². The molecule has 0 aliphatic carbocycles. The summed E-state index contributed by atoms with van der Waals surface area (Å²) in [5.41, 5.74) is 1.31. The van der Waals surface area contributed by atoms with Crippen LogP contribution in [0.3, 0.4) is 0 Å². The predicted molar refractivity (Wildman–Crippen MR) is 126 cm³/mol. The van der Waals surface area contributed by atoms with E-state index in [4.69, 9.17) is 0 Å². The van der Waals surface area contributed by atoms with Crippen LogP contribution in [0.5, 0.6) is 0 Å². The SMILES string of the molecule is CN=C(NCC(C(C)C)N1CCCC1)NC1CCN(c2ccccc2)C1.I. The summed E-state index contributed by atoms with van der Waals surface area (Å²) >= 11 is 0. The summed E-state index contributed by atoms with van der Waals surface area (Å²) in [6.45, 7) is 10.2. The average molecular weight is 485 g/mol. The molecule has 0 amide bonds. The Labute approximate surface area is 182 Å². The highest BCUT2D eigenvalue weighted by Gasteiger charge is 2.26. The maximum absolute atomic E-state index is 4.46. The molecule has 1 aromatic carbocycles. The molecule has 3 rings (SSSR count). The van der Waals surface area contributed by atoms with E-state index in [1.54, 1.807) is 0 Å². The Bertz CT molecular complexity index is 571. The molecule has 1 aromatic rings. The third-order valence-corrected chi connectivity index (χ3v) is 5.73. The summed E-state index contributed by atoms with van der Waals surface area (Å²) in [5, 5.41) is 7.22. The van der Waals surface area contributed by atoms with Crippen molar-refractivity contribution in [1.29, 1.82) is 0 Å². The minimum Gasteiger partial charge on any atom is -0.369 e. The lowest BCUT2D eigenvalue weighted by atomic mass is 10.0. The fourth-order valence-electron chi connectivity index (χ4n) is 4.20. The largest absolute Gasteiger partial charge is 0.369 e. The van der Waals surface area contributed by atoms with Gasteiger partial charge >= 0.3 is 0 Å². The molecule has 5 nitrogen and oxygen atoms in total. The number of hydrogen-bond donors (Lipinski definition) is 2. The lowest BCUT2D eigenvalue weighted by Gasteiger charge is -2.31. The second kappa shape index (κ2) is 11.1. The second-order valence-electron chi connectivity index (χ2n) is 7.92. The first kappa shape index (κ1) is 22.3. The van der Waals surface area contributed by atoms with E-state index < -0.39 is 0 Å². The van der Waals surface area contributed by atoms with Crippen molar-refractivity contribution in [2.24, 2.45) is 10.9 Å². The summed E-state index contributed by atoms with van der Waals surface area (Å²) in [6, 6.07) is 11.7. The molecular formula is C21H36IN5. The zero-order valence-electron chi connectivity index (χ0n) is 17.0. The van der Waals surface area contributed by atoms with Crippen LogP contribution in [0.1, 0.15) is 33.1 Å². The maximum Gasteiger partial charge on any atom is 0.191 e. The van der Waals surface area contributed by atoms with Crippen LogP contribution in [0.4, 0.5) is 5.69 Å². The molecule has 2 saturated heterocycles. The number of halogens is 1. The molecule has 0 bridgehead atoms. The van der Waals surface area contributed by atoms with Gasteiger partial charge in [0, 0.05) is 44.5 Å². The maximum atomic E-state index is 4.46. The van der Waals surface area contributed by atoms with E-state index in [0.717, 1.165) is 32.0 Å². The van der Waals surface area contributed by atoms with Crippen molar-refractivity contribution in [3.63, 3.8) is 0 Å². The van der Waals surface area contributed by atoms with Crippen molar-refractivity contribution < 1.29 is 0 Å². The summed E-state index contributed by atoms with van der Waals surface area (Å²) in [4.78, 5) is 9.55. The molecule has 2 unspecified atom stereocenters. The van der Waals surface area contributed by atoms with Crippen LogP contribution in [-0.4, -0.2) is 62.7 Å². The number of para-hydroxylation sites is 1. The highest BCUT2D eigenvalue weighted by molar-refractivity contribution is 14.0.